The zero-order valence-electron chi connectivity index (χ0n) is 19.5. The van der Waals surface area contributed by atoms with Gasteiger partial charge in [0, 0.05) is 7.05 Å². The van der Waals surface area contributed by atoms with Crippen LogP contribution in [0.3, 0.4) is 0 Å². The predicted molar refractivity (Wildman–Crippen MR) is 136 cm³/mol. The molecule has 4 amide bonds. The Bertz CT molecular complexity index is 1270. The molecule has 2 saturated heterocycles. The molecule has 0 aliphatic carbocycles. The van der Waals surface area contributed by atoms with E-state index in [9.17, 15) is 19.2 Å². The second-order valence-corrected chi connectivity index (χ2v) is 9.15. The van der Waals surface area contributed by atoms with E-state index in [0.717, 1.165) is 27.8 Å². The lowest BCUT2D eigenvalue weighted by atomic mass is 10.1. The Balaban J connectivity index is 1.48. The molecule has 0 saturated carbocycles. The molecule has 35 heavy (non-hydrogen) atoms. The van der Waals surface area contributed by atoms with Crippen molar-refractivity contribution in [1.29, 1.82) is 0 Å². The lowest BCUT2D eigenvalue weighted by Gasteiger charge is -2.25. The van der Waals surface area contributed by atoms with Crippen LogP contribution in [0, 0.1) is 0 Å². The van der Waals surface area contributed by atoms with Gasteiger partial charge < -0.3 is 0 Å². The number of amides is 4. The number of carbonyl (C=O) groups is 4. The van der Waals surface area contributed by atoms with Gasteiger partial charge in [-0.25, -0.2) is 15.0 Å². The minimum absolute atomic E-state index is 0.0607. The van der Waals surface area contributed by atoms with E-state index in [2.05, 4.69) is 4.99 Å². The van der Waals surface area contributed by atoms with Crippen LogP contribution >= 0.6 is 11.8 Å². The summed E-state index contributed by atoms with van der Waals surface area (Å²) in [6, 6.07) is 18.2. The fourth-order valence-electron chi connectivity index (χ4n) is 3.79. The van der Waals surface area contributed by atoms with E-state index in [-0.39, 0.29) is 10.6 Å². The SMILES string of the molecule is CC(/C=C1\SC(=O)N(CC(=O)N=C2C(=O)N(c3ccccc3)N(C)C2C)C1=O)=C\c1ccccc1. The van der Waals surface area contributed by atoms with Crippen molar-refractivity contribution in [3.05, 3.63) is 82.8 Å². The van der Waals surface area contributed by atoms with Crippen LogP contribution in [0.2, 0.25) is 0 Å². The van der Waals surface area contributed by atoms with Gasteiger partial charge in [-0.1, -0.05) is 54.6 Å². The van der Waals surface area contributed by atoms with Crippen molar-refractivity contribution < 1.29 is 19.2 Å². The predicted octanol–water partition coefficient (Wildman–Crippen LogP) is 3.92. The Morgan fingerprint density at radius 1 is 1.00 bits per heavy atom. The number of aliphatic imine (C=N–C) groups is 1. The van der Waals surface area contributed by atoms with Crippen LogP contribution in [0.4, 0.5) is 10.5 Å². The molecule has 1 unspecified atom stereocenters. The Kier molecular flexibility index (Phi) is 7.09. The van der Waals surface area contributed by atoms with E-state index >= 15 is 0 Å². The summed E-state index contributed by atoms with van der Waals surface area (Å²) in [7, 11) is 1.73. The molecule has 4 rings (SSSR count). The maximum atomic E-state index is 13.0. The van der Waals surface area contributed by atoms with Gasteiger partial charge in [-0.15, -0.1) is 0 Å². The molecule has 2 heterocycles. The molecule has 0 bridgehead atoms. The maximum Gasteiger partial charge on any atom is 0.294 e. The van der Waals surface area contributed by atoms with Crippen molar-refractivity contribution in [2.24, 2.45) is 4.99 Å². The summed E-state index contributed by atoms with van der Waals surface area (Å²) in [6.07, 6.45) is 3.52. The van der Waals surface area contributed by atoms with Crippen LogP contribution in [0.5, 0.6) is 0 Å². The lowest BCUT2D eigenvalue weighted by Crippen LogP contribution is -2.38. The molecule has 0 N–H and O–H groups in total. The molecule has 2 aliphatic heterocycles. The fourth-order valence-corrected chi connectivity index (χ4v) is 4.68. The second-order valence-electron chi connectivity index (χ2n) is 8.16. The Morgan fingerprint density at radius 3 is 2.29 bits per heavy atom. The topological polar surface area (TPSA) is 90.4 Å². The van der Waals surface area contributed by atoms with E-state index in [1.54, 1.807) is 37.2 Å². The summed E-state index contributed by atoms with van der Waals surface area (Å²) in [6.45, 7) is 3.07. The van der Waals surface area contributed by atoms with Gasteiger partial charge in [-0.05, 0) is 55.0 Å². The van der Waals surface area contributed by atoms with E-state index in [1.165, 1.54) is 5.01 Å². The maximum absolute atomic E-state index is 13.0. The molecule has 2 fully saturated rings. The van der Waals surface area contributed by atoms with Gasteiger partial charge >= 0.3 is 0 Å². The summed E-state index contributed by atoms with van der Waals surface area (Å²) in [5, 5.41) is 2.59. The monoisotopic (exact) mass is 488 g/mol. The van der Waals surface area contributed by atoms with Gasteiger partial charge in [0.2, 0.25) is 0 Å². The second kappa shape index (κ2) is 10.2. The highest BCUT2D eigenvalue weighted by molar-refractivity contribution is 8.18. The molecular weight excluding hydrogens is 464 g/mol. The molecule has 0 spiro atoms. The van der Waals surface area contributed by atoms with E-state index in [1.807, 2.05) is 61.5 Å². The number of nitrogens with zero attached hydrogens (tertiary/aromatic N) is 4. The van der Waals surface area contributed by atoms with Crippen LogP contribution in [0.25, 0.3) is 6.08 Å². The highest BCUT2D eigenvalue weighted by Gasteiger charge is 2.41. The Morgan fingerprint density at radius 2 is 1.63 bits per heavy atom. The number of hydrogen-bond donors (Lipinski definition) is 0. The number of allylic oxidation sites excluding steroid dienone is 2. The van der Waals surface area contributed by atoms with Crippen molar-refractivity contribution in [2.75, 3.05) is 18.6 Å². The van der Waals surface area contributed by atoms with Crippen LogP contribution < -0.4 is 5.01 Å². The molecule has 0 aromatic heterocycles. The first kappa shape index (κ1) is 24.3. The van der Waals surface area contributed by atoms with Crippen LogP contribution in [0.15, 0.2) is 82.2 Å². The van der Waals surface area contributed by atoms with E-state index in [0.29, 0.717) is 5.69 Å². The minimum atomic E-state index is -0.733. The number of anilines is 1. The van der Waals surface area contributed by atoms with Crippen LogP contribution in [-0.2, 0) is 14.4 Å². The summed E-state index contributed by atoms with van der Waals surface area (Å²) in [4.78, 5) is 56.0. The smallest absolute Gasteiger partial charge is 0.271 e. The molecule has 0 radical (unpaired) electrons. The molecule has 1 atom stereocenters. The molecule has 2 aliphatic rings. The van der Waals surface area contributed by atoms with Crippen LogP contribution in [0.1, 0.15) is 19.4 Å². The number of thioether (sulfide) groups is 1. The van der Waals surface area contributed by atoms with Gasteiger partial charge in [-0.3, -0.25) is 24.1 Å². The average Bonchev–Trinajstić information content (AvgIpc) is 3.21. The molecule has 178 valence electrons. The Hall–Kier alpha value is -3.82. The van der Waals surface area contributed by atoms with E-state index < -0.39 is 35.5 Å². The first-order valence-electron chi connectivity index (χ1n) is 11.0. The van der Waals surface area contributed by atoms with E-state index in [4.69, 9.17) is 0 Å². The zero-order valence-corrected chi connectivity index (χ0v) is 20.4. The third kappa shape index (κ3) is 5.16. The number of hydrogen-bond acceptors (Lipinski definition) is 6. The first-order valence-corrected chi connectivity index (χ1v) is 11.8. The quantitative estimate of drug-likeness (QED) is 0.593. The molecule has 9 heteroatoms. The highest BCUT2D eigenvalue weighted by atomic mass is 32.2. The average molecular weight is 489 g/mol. The number of benzene rings is 2. The van der Waals surface area contributed by atoms with Gasteiger partial charge in [0.05, 0.1) is 16.6 Å². The summed E-state index contributed by atoms with van der Waals surface area (Å²) in [5.74, 6) is -1.71. The first-order chi connectivity index (χ1) is 16.8. The van der Waals surface area contributed by atoms with Crippen molar-refractivity contribution in [1.82, 2.24) is 9.91 Å². The van der Waals surface area contributed by atoms with Crippen molar-refractivity contribution in [3.63, 3.8) is 0 Å². The molecule has 2 aromatic carbocycles. The van der Waals surface area contributed by atoms with Crippen molar-refractivity contribution >= 4 is 52.2 Å². The van der Waals surface area contributed by atoms with Gasteiger partial charge in [-0.2, -0.15) is 0 Å². The summed E-state index contributed by atoms with van der Waals surface area (Å²) >= 11 is 0.778. The number of para-hydroxylation sites is 1. The third-order valence-corrected chi connectivity index (χ3v) is 6.56. The fraction of sp³-hybridized carbons (Fsp3) is 0.192. The van der Waals surface area contributed by atoms with Crippen molar-refractivity contribution in [2.45, 2.75) is 19.9 Å². The van der Waals surface area contributed by atoms with Gasteiger partial charge in [0.15, 0.2) is 0 Å². The number of hydrazine groups is 1. The number of rotatable bonds is 5. The molecule has 8 nitrogen and oxygen atoms in total. The highest BCUT2D eigenvalue weighted by Crippen LogP contribution is 2.32. The zero-order chi connectivity index (χ0) is 25.1. The van der Waals surface area contributed by atoms with Gasteiger partial charge in [0.25, 0.3) is 23.0 Å². The largest absolute Gasteiger partial charge is 0.294 e. The normalized spacial score (nSPS) is 21.6. The summed E-state index contributed by atoms with van der Waals surface area (Å²) in [5.41, 5.74) is 2.48. The van der Waals surface area contributed by atoms with Crippen LogP contribution in [-0.4, -0.2) is 58.2 Å². The van der Waals surface area contributed by atoms with Gasteiger partial charge in [0.1, 0.15) is 12.3 Å². The Labute approximate surface area is 207 Å². The minimum Gasteiger partial charge on any atom is -0.271 e. The number of imide groups is 1. The lowest BCUT2D eigenvalue weighted by molar-refractivity contribution is -0.127. The number of carbonyl (C=O) groups excluding carboxylic acids is 4. The molecular formula is C26H24N4O4S. The standard InChI is InChI=1S/C26H24N4O4S/c1-17(14-19-10-6-4-7-11-19)15-21-24(32)29(26(34)35-21)16-22(31)27-23-18(2)28(3)30(25(23)33)20-12-8-5-9-13-20/h4-15,18H,16H2,1-3H3/b17-14+,21-15-,27-23?. The summed E-state index contributed by atoms with van der Waals surface area (Å²) < 4.78 is 0. The van der Waals surface area contributed by atoms with Crippen molar-refractivity contribution in [3.8, 4) is 0 Å². The molecule has 2 aromatic rings. The third-order valence-electron chi connectivity index (χ3n) is 5.65.